The topological polar surface area (TPSA) is 55.5 Å². The Labute approximate surface area is 68.5 Å². The van der Waals surface area contributed by atoms with Crippen LogP contribution >= 0.6 is 0 Å². The molecule has 0 spiro atoms. The van der Waals surface area contributed by atoms with Gasteiger partial charge in [-0.15, -0.1) is 0 Å². The van der Waals surface area contributed by atoms with Gasteiger partial charge in [-0.3, -0.25) is 0 Å². The maximum absolute atomic E-state index is 8.56. The first-order valence-electron chi connectivity index (χ1n) is 4.25. The summed E-state index contributed by atoms with van der Waals surface area (Å²) in [6.45, 7) is 3.66. The van der Waals surface area contributed by atoms with E-state index in [4.69, 9.17) is 15.6 Å². The predicted octanol–water partition coefficient (Wildman–Crippen LogP) is 0.513. The highest BCUT2D eigenvalue weighted by Crippen LogP contribution is 1.91. The second-order valence-corrected chi connectivity index (χ2v) is 2.70. The standard InChI is InChI=1S/C8H19NO2/c1-2-3-5-11-6-4-8(9)7-10/h8,10H,2-7,9H2,1H3/t8-/m1/s1. The smallest absolute Gasteiger partial charge is 0.0583 e. The third kappa shape index (κ3) is 7.78. The van der Waals surface area contributed by atoms with Gasteiger partial charge in [-0.1, -0.05) is 13.3 Å². The van der Waals surface area contributed by atoms with Crippen LogP contribution in [0.15, 0.2) is 0 Å². The molecule has 0 fully saturated rings. The van der Waals surface area contributed by atoms with E-state index in [9.17, 15) is 0 Å². The third-order valence-electron chi connectivity index (χ3n) is 1.51. The summed E-state index contributed by atoms with van der Waals surface area (Å²) in [7, 11) is 0. The molecule has 1 atom stereocenters. The van der Waals surface area contributed by atoms with Crippen LogP contribution < -0.4 is 5.73 Å². The lowest BCUT2D eigenvalue weighted by molar-refractivity contribution is 0.117. The van der Waals surface area contributed by atoms with Crippen molar-refractivity contribution in [3.05, 3.63) is 0 Å². The minimum atomic E-state index is -0.114. The van der Waals surface area contributed by atoms with E-state index in [2.05, 4.69) is 6.92 Å². The Kier molecular flexibility index (Phi) is 7.89. The SMILES string of the molecule is CCCCOCC[C@@H](N)CO. The van der Waals surface area contributed by atoms with Crippen LogP contribution in [0.5, 0.6) is 0 Å². The molecule has 0 aromatic carbocycles. The van der Waals surface area contributed by atoms with E-state index in [1.54, 1.807) is 0 Å². The Morgan fingerprint density at radius 2 is 2.18 bits per heavy atom. The quantitative estimate of drug-likeness (QED) is 0.535. The zero-order valence-electron chi connectivity index (χ0n) is 7.25. The molecule has 0 saturated carbocycles. The molecular formula is C8H19NO2. The summed E-state index contributed by atoms with van der Waals surface area (Å²) in [6.07, 6.45) is 3.01. The van der Waals surface area contributed by atoms with E-state index in [-0.39, 0.29) is 12.6 Å². The van der Waals surface area contributed by atoms with E-state index in [1.165, 1.54) is 0 Å². The molecule has 0 amide bonds. The van der Waals surface area contributed by atoms with Crippen molar-refractivity contribution in [2.45, 2.75) is 32.2 Å². The van der Waals surface area contributed by atoms with Gasteiger partial charge < -0.3 is 15.6 Å². The molecule has 0 rings (SSSR count). The van der Waals surface area contributed by atoms with Gasteiger partial charge >= 0.3 is 0 Å². The molecule has 0 radical (unpaired) electrons. The summed E-state index contributed by atoms with van der Waals surface area (Å²) < 4.78 is 5.26. The number of nitrogens with two attached hydrogens (primary N) is 1. The summed E-state index contributed by atoms with van der Waals surface area (Å²) in [4.78, 5) is 0. The molecular weight excluding hydrogens is 142 g/mol. The maximum Gasteiger partial charge on any atom is 0.0583 e. The third-order valence-corrected chi connectivity index (χ3v) is 1.51. The Hall–Kier alpha value is -0.120. The van der Waals surface area contributed by atoms with Crippen molar-refractivity contribution in [1.82, 2.24) is 0 Å². The zero-order valence-corrected chi connectivity index (χ0v) is 7.25. The first kappa shape index (κ1) is 10.9. The van der Waals surface area contributed by atoms with Crippen LogP contribution in [0.4, 0.5) is 0 Å². The highest BCUT2D eigenvalue weighted by atomic mass is 16.5. The molecule has 3 N–H and O–H groups in total. The van der Waals surface area contributed by atoms with Gasteiger partial charge in [-0.25, -0.2) is 0 Å². The summed E-state index contributed by atoms with van der Waals surface area (Å²) in [5.41, 5.74) is 5.46. The molecule has 0 unspecified atom stereocenters. The second-order valence-electron chi connectivity index (χ2n) is 2.70. The summed E-state index contributed by atoms with van der Waals surface area (Å²) in [5, 5.41) is 8.56. The molecule has 68 valence electrons. The van der Waals surface area contributed by atoms with E-state index in [0.29, 0.717) is 6.61 Å². The van der Waals surface area contributed by atoms with Gasteiger partial charge in [-0.2, -0.15) is 0 Å². The van der Waals surface area contributed by atoms with Crippen LogP contribution in [0.2, 0.25) is 0 Å². The number of aliphatic hydroxyl groups excluding tert-OH is 1. The number of aliphatic hydroxyl groups is 1. The Bertz CT molecular complexity index is 78.5. The number of unbranched alkanes of at least 4 members (excludes halogenated alkanes) is 1. The van der Waals surface area contributed by atoms with Crippen molar-refractivity contribution in [3.63, 3.8) is 0 Å². The fraction of sp³-hybridized carbons (Fsp3) is 1.00. The molecule has 0 aromatic rings. The molecule has 3 heteroatoms. The van der Waals surface area contributed by atoms with E-state index >= 15 is 0 Å². The van der Waals surface area contributed by atoms with Crippen molar-refractivity contribution in [3.8, 4) is 0 Å². The zero-order chi connectivity index (χ0) is 8.53. The van der Waals surface area contributed by atoms with E-state index < -0.39 is 0 Å². The first-order valence-corrected chi connectivity index (χ1v) is 4.25. The van der Waals surface area contributed by atoms with Gasteiger partial charge in [0.2, 0.25) is 0 Å². The first-order chi connectivity index (χ1) is 5.31. The Morgan fingerprint density at radius 3 is 2.73 bits per heavy atom. The molecule has 0 aliphatic heterocycles. The Balaban J connectivity index is 2.89. The minimum Gasteiger partial charge on any atom is -0.395 e. The second kappa shape index (κ2) is 7.98. The van der Waals surface area contributed by atoms with Crippen molar-refractivity contribution in [2.75, 3.05) is 19.8 Å². The predicted molar refractivity (Wildman–Crippen MR) is 45.4 cm³/mol. The lowest BCUT2D eigenvalue weighted by atomic mass is 10.2. The fourth-order valence-electron chi connectivity index (χ4n) is 0.674. The average molecular weight is 161 g/mol. The number of rotatable bonds is 7. The highest BCUT2D eigenvalue weighted by Gasteiger charge is 1.98. The van der Waals surface area contributed by atoms with Crippen LogP contribution in [0.25, 0.3) is 0 Å². The molecule has 3 nitrogen and oxygen atoms in total. The highest BCUT2D eigenvalue weighted by molar-refractivity contribution is 4.56. The average Bonchev–Trinajstić information content (AvgIpc) is 2.04. The van der Waals surface area contributed by atoms with Crippen LogP contribution in [0.3, 0.4) is 0 Å². The van der Waals surface area contributed by atoms with Gasteiger partial charge in [0.05, 0.1) is 6.61 Å². The van der Waals surface area contributed by atoms with Gasteiger partial charge in [-0.05, 0) is 12.8 Å². The lowest BCUT2D eigenvalue weighted by Crippen LogP contribution is -2.25. The van der Waals surface area contributed by atoms with Gasteiger partial charge in [0.15, 0.2) is 0 Å². The molecule has 0 aromatic heterocycles. The Morgan fingerprint density at radius 1 is 1.45 bits per heavy atom. The summed E-state index contributed by atoms with van der Waals surface area (Å²) in [5.74, 6) is 0. The molecule has 0 aliphatic carbocycles. The minimum absolute atomic E-state index is 0.0527. The van der Waals surface area contributed by atoms with E-state index in [1.807, 2.05) is 0 Å². The molecule has 0 bridgehead atoms. The number of hydrogen-bond acceptors (Lipinski definition) is 3. The largest absolute Gasteiger partial charge is 0.395 e. The molecule has 0 heterocycles. The molecule has 0 saturated heterocycles. The molecule has 11 heavy (non-hydrogen) atoms. The van der Waals surface area contributed by atoms with E-state index in [0.717, 1.165) is 25.9 Å². The van der Waals surface area contributed by atoms with Crippen molar-refractivity contribution in [1.29, 1.82) is 0 Å². The normalized spacial score (nSPS) is 13.4. The summed E-state index contributed by atoms with van der Waals surface area (Å²) in [6, 6.07) is -0.114. The van der Waals surface area contributed by atoms with Crippen LogP contribution in [0.1, 0.15) is 26.2 Å². The summed E-state index contributed by atoms with van der Waals surface area (Å²) >= 11 is 0. The van der Waals surface area contributed by atoms with Crippen molar-refractivity contribution < 1.29 is 9.84 Å². The number of hydrogen-bond donors (Lipinski definition) is 2. The van der Waals surface area contributed by atoms with Crippen molar-refractivity contribution in [2.24, 2.45) is 5.73 Å². The maximum atomic E-state index is 8.56. The fourth-order valence-corrected chi connectivity index (χ4v) is 0.674. The van der Waals surface area contributed by atoms with Gasteiger partial charge in [0, 0.05) is 19.3 Å². The van der Waals surface area contributed by atoms with Crippen LogP contribution in [0, 0.1) is 0 Å². The lowest BCUT2D eigenvalue weighted by Gasteiger charge is -2.07. The molecule has 0 aliphatic rings. The van der Waals surface area contributed by atoms with Crippen molar-refractivity contribution >= 4 is 0 Å². The van der Waals surface area contributed by atoms with Gasteiger partial charge in [0.25, 0.3) is 0 Å². The number of ether oxygens (including phenoxy) is 1. The monoisotopic (exact) mass is 161 g/mol. The van der Waals surface area contributed by atoms with Crippen LogP contribution in [-0.2, 0) is 4.74 Å². The van der Waals surface area contributed by atoms with Crippen LogP contribution in [-0.4, -0.2) is 31.0 Å². The van der Waals surface area contributed by atoms with Gasteiger partial charge in [0.1, 0.15) is 0 Å².